The molecule has 1 atom stereocenters. The molecule has 2 heteroatoms. The van der Waals surface area contributed by atoms with Gasteiger partial charge in [-0.15, -0.1) is 0 Å². The van der Waals surface area contributed by atoms with Crippen molar-refractivity contribution in [1.82, 2.24) is 0 Å². The molecule has 0 fully saturated rings. The van der Waals surface area contributed by atoms with Crippen LogP contribution in [0.3, 0.4) is 0 Å². The lowest BCUT2D eigenvalue weighted by atomic mass is 10.0. The van der Waals surface area contributed by atoms with E-state index in [0.717, 1.165) is 6.42 Å². The Labute approximate surface area is 90.9 Å². The quantitative estimate of drug-likeness (QED) is 0.735. The molecule has 1 aliphatic rings. The van der Waals surface area contributed by atoms with Gasteiger partial charge in [-0.3, -0.25) is 4.79 Å². The van der Waals surface area contributed by atoms with Gasteiger partial charge in [0.1, 0.15) is 5.78 Å². The molecule has 0 N–H and O–H groups in total. The van der Waals surface area contributed by atoms with Gasteiger partial charge in [0.2, 0.25) is 0 Å². The zero-order chi connectivity index (χ0) is 11.0. The number of ketones is 1. The van der Waals surface area contributed by atoms with Crippen LogP contribution in [0.2, 0.25) is 0 Å². The summed E-state index contributed by atoms with van der Waals surface area (Å²) in [5, 5.41) is 0. The molecule has 0 saturated carbocycles. The smallest absolute Gasteiger partial charge is 0.131 e. The first-order valence-electron chi connectivity index (χ1n) is 5.39. The minimum absolute atomic E-state index is 0.274. The van der Waals surface area contributed by atoms with Gasteiger partial charge < -0.3 is 4.90 Å². The van der Waals surface area contributed by atoms with Crippen molar-refractivity contribution >= 4 is 11.5 Å². The summed E-state index contributed by atoms with van der Waals surface area (Å²) in [5.41, 5.74) is 3.96. The van der Waals surface area contributed by atoms with Crippen molar-refractivity contribution in [2.45, 2.75) is 32.7 Å². The molecule has 0 aliphatic carbocycles. The molecule has 2 rings (SSSR count). The number of carbonyl (C=O) groups is 1. The zero-order valence-corrected chi connectivity index (χ0v) is 9.58. The van der Waals surface area contributed by atoms with Crippen molar-refractivity contribution in [3.05, 3.63) is 29.3 Å². The molecule has 0 saturated heterocycles. The molecule has 0 radical (unpaired) electrons. The summed E-state index contributed by atoms with van der Waals surface area (Å²) in [5.74, 6) is 0.274. The first-order chi connectivity index (χ1) is 7.08. The van der Waals surface area contributed by atoms with Crippen LogP contribution in [0.4, 0.5) is 5.69 Å². The highest BCUT2D eigenvalue weighted by atomic mass is 16.1. The molecule has 1 aromatic carbocycles. The number of hydrogen-bond donors (Lipinski definition) is 0. The van der Waals surface area contributed by atoms with Crippen LogP contribution in [0.15, 0.2) is 18.2 Å². The largest absolute Gasteiger partial charge is 0.371 e. The second-order valence-electron chi connectivity index (χ2n) is 4.51. The Kier molecular flexibility index (Phi) is 2.51. The third-order valence-corrected chi connectivity index (χ3v) is 3.14. The van der Waals surface area contributed by atoms with Gasteiger partial charge >= 0.3 is 0 Å². The molecule has 80 valence electrons. The van der Waals surface area contributed by atoms with E-state index in [0.29, 0.717) is 12.5 Å². The number of anilines is 1. The lowest BCUT2D eigenvalue weighted by molar-refractivity contribution is -0.117. The minimum Gasteiger partial charge on any atom is -0.371 e. The number of Topliss-reactive ketones (excluding diaryl/α,β-unsaturated/α-hetero) is 1. The van der Waals surface area contributed by atoms with Crippen LogP contribution in [-0.2, 0) is 11.2 Å². The van der Waals surface area contributed by atoms with Crippen molar-refractivity contribution in [2.24, 2.45) is 0 Å². The van der Waals surface area contributed by atoms with Crippen LogP contribution in [-0.4, -0.2) is 18.9 Å². The van der Waals surface area contributed by atoms with Crippen LogP contribution < -0.4 is 4.90 Å². The van der Waals surface area contributed by atoms with Crippen molar-refractivity contribution in [3.8, 4) is 0 Å². The SMILES string of the molecule is CC(=O)CC1Cc2cc(C)ccc2N1C. The Balaban J connectivity index is 2.25. The molecule has 1 heterocycles. The van der Waals surface area contributed by atoms with Crippen LogP contribution in [0.5, 0.6) is 0 Å². The number of benzene rings is 1. The third-order valence-electron chi connectivity index (χ3n) is 3.14. The molecule has 0 spiro atoms. The fourth-order valence-corrected chi connectivity index (χ4v) is 2.35. The topological polar surface area (TPSA) is 20.3 Å². The van der Waals surface area contributed by atoms with Gasteiger partial charge in [-0.1, -0.05) is 17.7 Å². The molecule has 0 aromatic heterocycles. The van der Waals surface area contributed by atoms with E-state index < -0.39 is 0 Å². The Hall–Kier alpha value is -1.31. The number of hydrogen-bond acceptors (Lipinski definition) is 2. The molecule has 2 nitrogen and oxygen atoms in total. The second-order valence-corrected chi connectivity index (χ2v) is 4.51. The van der Waals surface area contributed by atoms with Crippen molar-refractivity contribution in [2.75, 3.05) is 11.9 Å². The Morgan fingerprint density at radius 2 is 2.27 bits per heavy atom. The molecule has 15 heavy (non-hydrogen) atoms. The molecule has 1 aliphatic heterocycles. The normalized spacial score (nSPS) is 19.1. The molecule has 0 bridgehead atoms. The molecular formula is C13H17NO. The van der Waals surface area contributed by atoms with E-state index in [1.807, 2.05) is 0 Å². The Morgan fingerprint density at radius 3 is 2.93 bits per heavy atom. The summed E-state index contributed by atoms with van der Waals surface area (Å²) in [6, 6.07) is 6.88. The van der Waals surface area contributed by atoms with E-state index in [1.165, 1.54) is 16.8 Å². The molecule has 1 unspecified atom stereocenters. The number of carbonyl (C=O) groups excluding carboxylic acids is 1. The van der Waals surface area contributed by atoms with E-state index in [4.69, 9.17) is 0 Å². The number of likely N-dealkylation sites (N-methyl/N-ethyl adjacent to an activating group) is 1. The van der Waals surface area contributed by atoms with E-state index in [-0.39, 0.29) is 5.78 Å². The average molecular weight is 203 g/mol. The van der Waals surface area contributed by atoms with E-state index in [1.54, 1.807) is 6.92 Å². The van der Waals surface area contributed by atoms with Gasteiger partial charge in [-0.05, 0) is 31.9 Å². The summed E-state index contributed by atoms with van der Waals surface area (Å²) >= 11 is 0. The Bertz CT molecular complexity index is 398. The zero-order valence-electron chi connectivity index (χ0n) is 9.58. The number of fused-ring (bicyclic) bond motifs is 1. The van der Waals surface area contributed by atoms with Gasteiger partial charge in [0.05, 0.1) is 0 Å². The van der Waals surface area contributed by atoms with Crippen LogP contribution in [0.1, 0.15) is 24.5 Å². The van der Waals surface area contributed by atoms with Gasteiger partial charge in [0, 0.05) is 25.2 Å². The molecule has 0 amide bonds. The highest BCUT2D eigenvalue weighted by Gasteiger charge is 2.26. The maximum Gasteiger partial charge on any atom is 0.131 e. The highest BCUT2D eigenvalue weighted by molar-refractivity contribution is 5.77. The average Bonchev–Trinajstić information content (AvgIpc) is 2.42. The summed E-state index contributed by atoms with van der Waals surface area (Å²) in [7, 11) is 2.08. The maximum absolute atomic E-state index is 11.1. The standard InChI is InChI=1S/C13H17NO/c1-9-4-5-13-11(6-9)8-12(14(13)3)7-10(2)15/h4-6,12H,7-8H2,1-3H3. The van der Waals surface area contributed by atoms with E-state index >= 15 is 0 Å². The lowest BCUT2D eigenvalue weighted by Crippen LogP contribution is -2.29. The number of nitrogens with zero attached hydrogens (tertiary/aromatic N) is 1. The van der Waals surface area contributed by atoms with Crippen molar-refractivity contribution in [3.63, 3.8) is 0 Å². The Morgan fingerprint density at radius 1 is 1.53 bits per heavy atom. The van der Waals surface area contributed by atoms with Crippen molar-refractivity contribution < 1.29 is 4.79 Å². The number of rotatable bonds is 2. The predicted octanol–water partition coefficient (Wildman–Crippen LogP) is 2.34. The maximum atomic E-state index is 11.1. The van der Waals surface area contributed by atoms with Crippen LogP contribution in [0, 0.1) is 6.92 Å². The van der Waals surface area contributed by atoms with Crippen LogP contribution in [0.25, 0.3) is 0 Å². The van der Waals surface area contributed by atoms with Gasteiger partial charge in [-0.2, -0.15) is 0 Å². The minimum atomic E-state index is 0.274. The summed E-state index contributed by atoms with van der Waals surface area (Å²) in [4.78, 5) is 13.4. The first kappa shape index (κ1) is 10.2. The summed E-state index contributed by atoms with van der Waals surface area (Å²) < 4.78 is 0. The molecular weight excluding hydrogens is 186 g/mol. The first-order valence-corrected chi connectivity index (χ1v) is 5.39. The summed E-state index contributed by atoms with van der Waals surface area (Å²) in [6.07, 6.45) is 1.66. The number of aryl methyl sites for hydroxylation is 1. The summed E-state index contributed by atoms with van der Waals surface area (Å²) in [6.45, 7) is 3.78. The molecule has 1 aromatic rings. The second kappa shape index (κ2) is 3.69. The predicted molar refractivity (Wildman–Crippen MR) is 62.4 cm³/mol. The van der Waals surface area contributed by atoms with Gasteiger partial charge in [-0.25, -0.2) is 0 Å². The third kappa shape index (κ3) is 1.89. The van der Waals surface area contributed by atoms with E-state index in [9.17, 15) is 4.79 Å². The lowest BCUT2D eigenvalue weighted by Gasteiger charge is -2.21. The van der Waals surface area contributed by atoms with E-state index in [2.05, 4.69) is 37.1 Å². The van der Waals surface area contributed by atoms with Gasteiger partial charge in [0.25, 0.3) is 0 Å². The monoisotopic (exact) mass is 203 g/mol. The fraction of sp³-hybridized carbons (Fsp3) is 0.462. The highest BCUT2D eigenvalue weighted by Crippen LogP contribution is 2.32. The fourth-order valence-electron chi connectivity index (χ4n) is 2.35. The van der Waals surface area contributed by atoms with Crippen molar-refractivity contribution in [1.29, 1.82) is 0 Å². The van der Waals surface area contributed by atoms with Gasteiger partial charge in [0.15, 0.2) is 0 Å². The van der Waals surface area contributed by atoms with Crippen LogP contribution >= 0.6 is 0 Å².